The number of carbonyl (C=O) groups is 3. The highest BCUT2D eigenvalue weighted by Gasteiger charge is 2.33. The minimum Gasteiger partial charge on any atom is -0.442 e. The fourth-order valence-corrected chi connectivity index (χ4v) is 3.69. The number of hydrogen-bond donors (Lipinski definition) is 2. The third-order valence-corrected chi connectivity index (χ3v) is 5.42. The van der Waals surface area contributed by atoms with Crippen molar-refractivity contribution in [2.75, 3.05) is 49.1 Å². The zero-order chi connectivity index (χ0) is 24.9. The molecule has 2 N–H and O–H groups in total. The second kappa shape index (κ2) is 10.6. The molecule has 1 aromatic carbocycles. The number of nitrogens with one attached hydrogen (secondary N) is 2. The van der Waals surface area contributed by atoms with E-state index in [0.717, 1.165) is 11.0 Å². The van der Waals surface area contributed by atoms with Gasteiger partial charge in [0.05, 0.1) is 55.9 Å². The molecule has 2 fully saturated rings. The van der Waals surface area contributed by atoms with Crippen molar-refractivity contribution in [1.82, 2.24) is 25.8 Å². The van der Waals surface area contributed by atoms with E-state index in [4.69, 9.17) is 9.57 Å². The van der Waals surface area contributed by atoms with E-state index in [-0.39, 0.29) is 49.9 Å². The maximum Gasteiger partial charge on any atom is 0.414 e. The van der Waals surface area contributed by atoms with E-state index in [2.05, 4.69) is 15.4 Å². The molecule has 1 atom stereocenters. The quantitative estimate of drug-likeness (QED) is 0.564. The van der Waals surface area contributed by atoms with Crippen LogP contribution in [0.25, 0.3) is 0 Å². The lowest BCUT2D eigenvalue weighted by atomic mass is 10.2. The zero-order valence-corrected chi connectivity index (χ0v) is 18.3. The smallest absolute Gasteiger partial charge is 0.414 e. The third kappa shape index (κ3) is 5.79. The number of rotatable bonds is 7. The monoisotopic (exact) mass is 497 g/mol. The summed E-state index contributed by atoms with van der Waals surface area (Å²) >= 11 is 0. The number of ether oxygens (including phenoxy) is 1. The van der Waals surface area contributed by atoms with Crippen LogP contribution in [0.3, 0.4) is 0 Å². The molecule has 0 saturated carbocycles. The van der Waals surface area contributed by atoms with Crippen molar-refractivity contribution < 1.29 is 37.1 Å². The predicted molar refractivity (Wildman–Crippen MR) is 113 cm³/mol. The average molecular weight is 497 g/mol. The molecule has 2 aliphatic heterocycles. The van der Waals surface area contributed by atoms with Crippen molar-refractivity contribution in [3.63, 3.8) is 0 Å². The SMILES string of the molecule is O=C(NCC1CN(c2ccc(N3CCON(C(=O)Cc4cn[nH]n4)CC3)c(F)c2)C(=O)O1)C(F)F. The van der Waals surface area contributed by atoms with Gasteiger partial charge in [0.15, 0.2) is 0 Å². The van der Waals surface area contributed by atoms with E-state index >= 15 is 0 Å². The maximum absolute atomic E-state index is 15.0. The number of hydroxylamine groups is 2. The first-order valence-corrected chi connectivity index (χ1v) is 10.7. The van der Waals surface area contributed by atoms with Crippen molar-refractivity contribution in [1.29, 1.82) is 0 Å². The number of aromatic amines is 1. The van der Waals surface area contributed by atoms with E-state index in [9.17, 15) is 27.6 Å². The first kappa shape index (κ1) is 24.3. The van der Waals surface area contributed by atoms with Gasteiger partial charge >= 0.3 is 12.5 Å². The number of anilines is 2. The van der Waals surface area contributed by atoms with Crippen molar-refractivity contribution >= 4 is 29.3 Å². The molecule has 2 aliphatic rings. The zero-order valence-electron chi connectivity index (χ0n) is 18.3. The molecular weight excluding hydrogens is 475 g/mol. The second-order valence-corrected chi connectivity index (χ2v) is 7.75. The molecule has 188 valence electrons. The number of halogens is 3. The fourth-order valence-electron chi connectivity index (χ4n) is 3.69. The van der Waals surface area contributed by atoms with Crippen molar-refractivity contribution in [2.24, 2.45) is 0 Å². The van der Waals surface area contributed by atoms with Crippen LogP contribution >= 0.6 is 0 Å². The van der Waals surface area contributed by atoms with Crippen molar-refractivity contribution in [3.05, 3.63) is 35.9 Å². The van der Waals surface area contributed by atoms with Crippen LogP contribution in [0.15, 0.2) is 24.4 Å². The summed E-state index contributed by atoms with van der Waals surface area (Å²) in [6, 6.07) is 4.19. The molecule has 1 unspecified atom stereocenters. The first-order valence-electron chi connectivity index (χ1n) is 10.7. The molecule has 1 aromatic heterocycles. The van der Waals surface area contributed by atoms with E-state index in [1.807, 2.05) is 5.32 Å². The highest BCUT2D eigenvalue weighted by atomic mass is 19.3. The van der Waals surface area contributed by atoms with Gasteiger partial charge in [0.2, 0.25) is 0 Å². The Morgan fingerprint density at radius 1 is 1.26 bits per heavy atom. The van der Waals surface area contributed by atoms with Crippen LogP contribution in [-0.2, 0) is 25.6 Å². The summed E-state index contributed by atoms with van der Waals surface area (Å²) < 4.78 is 44.7. The van der Waals surface area contributed by atoms with E-state index in [1.165, 1.54) is 23.4 Å². The van der Waals surface area contributed by atoms with Gasteiger partial charge in [0.25, 0.3) is 11.8 Å². The Morgan fingerprint density at radius 3 is 2.80 bits per heavy atom. The van der Waals surface area contributed by atoms with Gasteiger partial charge in [0, 0.05) is 13.1 Å². The number of nitrogens with zero attached hydrogens (tertiary/aromatic N) is 5. The lowest BCUT2D eigenvalue weighted by molar-refractivity contribution is -0.181. The average Bonchev–Trinajstić information content (AvgIpc) is 3.39. The summed E-state index contributed by atoms with van der Waals surface area (Å²) in [5.41, 5.74) is 0.950. The molecule has 3 heterocycles. The van der Waals surface area contributed by atoms with Crippen molar-refractivity contribution in [2.45, 2.75) is 19.0 Å². The number of cyclic esters (lactones) is 1. The van der Waals surface area contributed by atoms with Crippen LogP contribution in [0.5, 0.6) is 0 Å². The third-order valence-electron chi connectivity index (χ3n) is 5.42. The second-order valence-electron chi connectivity index (χ2n) is 7.75. The normalized spacial score (nSPS) is 18.6. The highest BCUT2D eigenvalue weighted by Crippen LogP contribution is 2.28. The molecule has 0 bridgehead atoms. The van der Waals surface area contributed by atoms with Gasteiger partial charge in [-0.2, -0.15) is 24.2 Å². The topological polar surface area (TPSA) is 133 Å². The summed E-state index contributed by atoms with van der Waals surface area (Å²) in [4.78, 5) is 44.0. The molecule has 15 heteroatoms. The molecule has 2 saturated heterocycles. The molecule has 35 heavy (non-hydrogen) atoms. The number of H-pyrrole nitrogens is 1. The number of hydrogen-bond acceptors (Lipinski definition) is 8. The maximum atomic E-state index is 15.0. The Labute approximate surface area is 196 Å². The lowest BCUT2D eigenvalue weighted by Gasteiger charge is -2.24. The van der Waals surface area contributed by atoms with Crippen LogP contribution in [-0.4, -0.2) is 90.2 Å². The van der Waals surface area contributed by atoms with Gasteiger partial charge in [-0.15, -0.1) is 0 Å². The Hall–Kier alpha value is -3.88. The molecule has 3 amide bonds. The Kier molecular flexibility index (Phi) is 7.33. The molecule has 0 radical (unpaired) electrons. The van der Waals surface area contributed by atoms with Crippen molar-refractivity contribution in [3.8, 4) is 0 Å². The van der Waals surface area contributed by atoms with E-state index in [1.54, 1.807) is 4.90 Å². The summed E-state index contributed by atoms with van der Waals surface area (Å²) in [5, 5.41) is 13.1. The number of alkyl halides is 2. The Morgan fingerprint density at radius 2 is 2.09 bits per heavy atom. The van der Waals surface area contributed by atoms with Gasteiger partial charge in [-0.25, -0.2) is 14.2 Å². The Bertz CT molecular complexity index is 1070. The standard InChI is InChI=1S/C20H22F3N7O5/c21-15-8-13(29-11-14(35-20(29)33)10-24-19(32)18(22)23)1-2-16(15)28-3-4-30(34-6-5-28)17(31)7-12-9-25-27-26-12/h1-2,8-9,14,18H,3-7,10-11H2,(H,24,32)(H,25,26,27). The summed E-state index contributed by atoms with van der Waals surface area (Å²) in [5.74, 6) is -2.37. The van der Waals surface area contributed by atoms with Gasteiger partial charge < -0.3 is 15.0 Å². The minimum atomic E-state index is -3.17. The van der Waals surface area contributed by atoms with Gasteiger partial charge in [-0.05, 0) is 18.2 Å². The van der Waals surface area contributed by atoms with Crippen LogP contribution < -0.4 is 15.1 Å². The number of carbonyl (C=O) groups excluding carboxylic acids is 3. The van der Waals surface area contributed by atoms with Crippen LogP contribution in [0, 0.1) is 5.82 Å². The summed E-state index contributed by atoms with van der Waals surface area (Å²) in [6.07, 6.45) is -3.35. The molecule has 4 rings (SSSR count). The number of aromatic nitrogens is 3. The minimum absolute atomic E-state index is 0.0122. The van der Waals surface area contributed by atoms with E-state index in [0.29, 0.717) is 18.8 Å². The molecule has 12 nitrogen and oxygen atoms in total. The van der Waals surface area contributed by atoms with Crippen LogP contribution in [0.1, 0.15) is 5.69 Å². The van der Waals surface area contributed by atoms with Crippen LogP contribution in [0.2, 0.25) is 0 Å². The number of benzene rings is 1. The molecule has 2 aromatic rings. The van der Waals surface area contributed by atoms with Gasteiger partial charge in [-0.3, -0.25) is 19.3 Å². The first-order chi connectivity index (χ1) is 16.8. The molecular formula is C20H22F3N7O5. The lowest BCUT2D eigenvalue weighted by Crippen LogP contribution is -2.37. The fraction of sp³-hybridized carbons (Fsp3) is 0.450. The molecule has 0 spiro atoms. The summed E-state index contributed by atoms with van der Waals surface area (Å²) in [7, 11) is 0. The summed E-state index contributed by atoms with van der Waals surface area (Å²) in [6.45, 7) is 0.644. The van der Waals surface area contributed by atoms with Crippen LogP contribution in [0.4, 0.5) is 29.3 Å². The van der Waals surface area contributed by atoms with E-state index < -0.39 is 30.3 Å². The Balaban J connectivity index is 1.35. The molecule has 0 aliphatic carbocycles. The van der Waals surface area contributed by atoms with Gasteiger partial charge in [0.1, 0.15) is 11.9 Å². The highest BCUT2D eigenvalue weighted by molar-refractivity contribution is 5.90. The van der Waals surface area contributed by atoms with Gasteiger partial charge in [-0.1, -0.05) is 0 Å². The predicted octanol–water partition coefficient (Wildman–Crippen LogP) is 0.473. The largest absolute Gasteiger partial charge is 0.442 e. The number of amides is 3.